The lowest BCUT2D eigenvalue weighted by molar-refractivity contribution is -0.0511. The summed E-state index contributed by atoms with van der Waals surface area (Å²) in [4.78, 5) is 8.51. The normalized spacial score (nSPS) is 26.4. The van der Waals surface area contributed by atoms with E-state index in [-0.39, 0.29) is 17.6 Å². The van der Waals surface area contributed by atoms with Crippen molar-refractivity contribution in [3.63, 3.8) is 0 Å². The van der Waals surface area contributed by atoms with Crippen LogP contribution in [0.25, 0.3) is 0 Å². The van der Waals surface area contributed by atoms with Crippen LogP contribution < -0.4 is 11.1 Å². The summed E-state index contributed by atoms with van der Waals surface area (Å²) in [5.41, 5.74) is 5.61. The summed E-state index contributed by atoms with van der Waals surface area (Å²) in [6.45, 7) is 6.09. The molecule has 1 aromatic rings. The molecule has 5 nitrogen and oxygen atoms in total. The number of aromatic nitrogens is 2. The summed E-state index contributed by atoms with van der Waals surface area (Å²) in [5.74, 6) is 1.97. The maximum Gasteiger partial charge on any atom is 0.132 e. The molecule has 1 aliphatic carbocycles. The molecule has 0 aromatic carbocycles. The first-order valence-electron chi connectivity index (χ1n) is 6.01. The predicted octanol–water partition coefficient (Wildman–Crippen LogP) is 1.19. The van der Waals surface area contributed by atoms with Crippen molar-refractivity contribution >= 4 is 11.6 Å². The molecule has 1 fully saturated rings. The van der Waals surface area contributed by atoms with Crippen LogP contribution in [0.1, 0.15) is 33.0 Å². The van der Waals surface area contributed by atoms with Crippen molar-refractivity contribution in [2.24, 2.45) is 5.41 Å². The first-order valence-corrected chi connectivity index (χ1v) is 6.01. The number of rotatable bonds is 3. The number of hydrogen-bond acceptors (Lipinski definition) is 5. The maximum atomic E-state index is 9.68. The number of nitrogens with zero attached hydrogens (tertiary/aromatic N) is 2. The molecule has 1 aliphatic rings. The lowest BCUT2D eigenvalue weighted by Gasteiger charge is -2.49. The van der Waals surface area contributed by atoms with Gasteiger partial charge in [-0.2, -0.15) is 0 Å². The number of nitrogens with two attached hydrogens (primary N) is 1. The van der Waals surface area contributed by atoms with Crippen molar-refractivity contribution in [1.29, 1.82) is 0 Å². The molecule has 1 saturated carbocycles. The lowest BCUT2D eigenvalue weighted by atomic mass is 9.64. The minimum Gasteiger partial charge on any atom is -0.392 e. The van der Waals surface area contributed by atoms with Gasteiger partial charge in [0.15, 0.2) is 0 Å². The summed E-state index contributed by atoms with van der Waals surface area (Å²) >= 11 is 0. The van der Waals surface area contributed by atoms with E-state index in [9.17, 15) is 5.11 Å². The second-order valence-corrected chi connectivity index (χ2v) is 5.22. The van der Waals surface area contributed by atoms with Crippen LogP contribution in [0.5, 0.6) is 0 Å². The van der Waals surface area contributed by atoms with E-state index in [4.69, 9.17) is 5.73 Å². The number of nitrogen functional groups attached to an aromatic ring is 1. The van der Waals surface area contributed by atoms with E-state index in [2.05, 4.69) is 15.3 Å². The van der Waals surface area contributed by atoms with E-state index in [0.717, 1.165) is 24.5 Å². The first kappa shape index (κ1) is 12.1. The SMILES string of the molecule is CCc1nc(N)cc(NC2CC(O)C2(C)C)n1. The summed E-state index contributed by atoms with van der Waals surface area (Å²) in [7, 11) is 0. The van der Waals surface area contributed by atoms with Gasteiger partial charge in [-0.05, 0) is 6.42 Å². The Morgan fingerprint density at radius 1 is 1.53 bits per heavy atom. The number of hydrogen-bond donors (Lipinski definition) is 3. The summed E-state index contributed by atoms with van der Waals surface area (Å²) in [6, 6.07) is 1.97. The van der Waals surface area contributed by atoms with Gasteiger partial charge < -0.3 is 16.2 Å². The zero-order chi connectivity index (χ0) is 12.6. The Labute approximate surface area is 101 Å². The van der Waals surface area contributed by atoms with Crippen molar-refractivity contribution in [3.8, 4) is 0 Å². The van der Waals surface area contributed by atoms with Gasteiger partial charge in [-0.3, -0.25) is 0 Å². The summed E-state index contributed by atoms with van der Waals surface area (Å²) in [5, 5.41) is 13.0. The van der Waals surface area contributed by atoms with E-state index in [1.807, 2.05) is 20.8 Å². The highest BCUT2D eigenvalue weighted by Gasteiger charge is 2.47. The molecule has 0 amide bonds. The first-order chi connectivity index (χ1) is 7.93. The number of aliphatic hydroxyl groups is 1. The maximum absolute atomic E-state index is 9.68. The second kappa shape index (κ2) is 4.14. The molecule has 0 bridgehead atoms. The van der Waals surface area contributed by atoms with Crippen LogP contribution in [0.2, 0.25) is 0 Å². The number of nitrogens with one attached hydrogen (secondary N) is 1. The third kappa shape index (κ3) is 2.20. The highest BCUT2D eigenvalue weighted by molar-refractivity contribution is 5.46. The molecule has 0 spiro atoms. The molecule has 94 valence electrons. The molecule has 1 heterocycles. The Bertz CT molecular complexity index is 419. The smallest absolute Gasteiger partial charge is 0.132 e. The van der Waals surface area contributed by atoms with Crippen LogP contribution in [0.15, 0.2) is 6.07 Å². The van der Waals surface area contributed by atoms with Gasteiger partial charge >= 0.3 is 0 Å². The van der Waals surface area contributed by atoms with Crippen LogP contribution in [-0.4, -0.2) is 27.2 Å². The van der Waals surface area contributed by atoms with Crippen molar-refractivity contribution in [2.45, 2.75) is 45.8 Å². The highest BCUT2D eigenvalue weighted by atomic mass is 16.3. The fourth-order valence-electron chi connectivity index (χ4n) is 2.08. The van der Waals surface area contributed by atoms with Crippen LogP contribution in [0.3, 0.4) is 0 Å². The van der Waals surface area contributed by atoms with E-state index in [1.54, 1.807) is 6.07 Å². The van der Waals surface area contributed by atoms with Crippen LogP contribution in [0.4, 0.5) is 11.6 Å². The van der Waals surface area contributed by atoms with Gasteiger partial charge in [-0.15, -0.1) is 0 Å². The largest absolute Gasteiger partial charge is 0.392 e. The molecule has 2 rings (SSSR count). The average molecular weight is 236 g/mol. The van der Waals surface area contributed by atoms with Crippen molar-refractivity contribution < 1.29 is 5.11 Å². The molecule has 0 aliphatic heterocycles. The third-order valence-electron chi connectivity index (χ3n) is 3.65. The van der Waals surface area contributed by atoms with E-state index in [0.29, 0.717) is 5.82 Å². The fraction of sp³-hybridized carbons (Fsp3) is 0.667. The van der Waals surface area contributed by atoms with Gasteiger partial charge in [0.1, 0.15) is 17.5 Å². The number of aliphatic hydroxyl groups excluding tert-OH is 1. The molecule has 1 aromatic heterocycles. The molecule has 2 atom stereocenters. The van der Waals surface area contributed by atoms with E-state index >= 15 is 0 Å². The van der Waals surface area contributed by atoms with Gasteiger partial charge in [-0.1, -0.05) is 20.8 Å². The minimum absolute atomic E-state index is 0.119. The van der Waals surface area contributed by atoms with Gasteiger partial charge in [0, 0.05) is 23.9 Å². The minimum atomic E-state index is -0.246. The van der Waals surface area contributed by atoms with Crippen LogP contribution >= 0.6 is 0 Å². The van der Waals surface area contributed by atoms with Gasteiger partial charge in [0.05, 0.1) is 6.10 Å². The van der Waals surface area contributed by atoms with Crippen LogP contribution in [-0.2, 0) is 6.42 Å². The topological polar surface area (TPSA) is 84.1 Å². The van der Waals surface area contributed by atoms with Gasteiger partial charge in [0.25, 0.3) is 0 Å². The van der Waals surface area contributed by atoms with Crippen molar-refractivity contribution in [1.82, 2.24) is 9.97 Å². The molecule has 4 N–H and O–H groups in total. The monoisotopic (exact) mass is 236 g/mol. The summed E-state index contributed by atoms with van der Waals surface area (Å²) in [6.07, 6.45) is 1.26. The molecule has 5 heteroatoms. The Morgan fingerprint density at radius 2 is 2.24 bits per heavy atom. The van der Waals surface area contributed by atoms with Gasteiger partial charge in [-0.25, -0.2) is 9.97 Å². The van der Waals surface area contributed by atoms with Crippen molar-refractivity contribution in [3.05, 3.63) is 11.9 Å². The molecule has 0 saturated heterocycles. The standard InChI is InChI=1S/C12H20N4O/c1-4-10-15-9(13)6-11(16-10)14-7-5-8(17)12(7,2)3/h6-8,17H,4-5H2,1-3H3,(H3,13,14,15,16). The van der Waals surface area contributed by atoms with Crippen molar-refractivity contribution in [2.75, 3.05) is 11.1 Å². The average Bonchev–Trinajstić information content (AvgIpc) is 2.28. The zero-order valence-electron chi connectivity index (χ0n) is 10.6. The lowest BCUT2D eigenvalue weighted by Crippen LogP contribution is -2.57. The highest BCUT2D eigenvalue weighted by Crippen LogP contribution is 2.42. The number of anilines is 2. The Kier molecular flexibility index (Phi) is 2.95. The van der Waals surface area contributed by atoms with E-state index < -0.39 is 0 Å². The predicted molar refractivity (Wildman–Crippen MR) is 67.6 cm³/mol. The van der Waals surface area contributed by atoms with Crippen LogP contribution in [0, 0.1) is 5.41 Å². The Morgan fingerprint density at radius 3 is 2.76 bits per heavy atom. The molecular weight excluding hydrogens is 216 g/mol. The Balaban J connectivity index is 2.12. The molecule has 17 heavy (non-hydrogen) atoms. The van der Waals surface area contributed by atoms with E-state index in [1.165, 1.54) is 0 Å². The second-order valence-electron chi connectivity index (χ2n) is 5.22. The summed E-state index contributed by atoms with van der Waals surface area (Å²) < 4.78 is 0. The third-order valence-corrected chi connectivity index (χ3v) is 3.65. The Hall–Kier alpha value is -1.36. The van der Waals surface area contributed by atoms with Gasteiger partial charge in [0.2, 0.25) is 0 Å². The zero-order valence-corrected chi connectivity index (χ0v) is 10.6. The fourth-order valence-corrected chi connectivity index (χ4v) is 2.08. The number of aryl methyl sites for hydroxylation is 1. The quantitative estimate of drug-likeness (QED) is 0.734. The molecular formula is C12H20N4O. The molecule has 2 unspecified atom stereocenters. The molecule has 0 radical (unpaired) electrons.